The van der Waals surface area contributed by atoms with E-state index in [1.807, 2.05) is 74.5 Å². The third-order valence-corrected chi connectivity index (χ3v) is 4.05. The summed E-state index contributed by atoms with van der Waals surface area (Å²) in [5.74, 6) is 1.73. The van der Waals surface area contributed by atoms with Crippen LogP contribution < -0.4 is 20.7 Å². The lowest BCUT2D eigenvalue weighted by atomic mass is 10.2. The number of amides is 1. The first-order valence-electron chi connectivity index (χ1n) is 9.52. The number of hydrogen-bond donors (Lipinski definition) is 3. The summed E-state index contributed by atoms with van der Waals surface area (Å²) in [6.07, 6.45) is -0.611. The van der Waals surface area contributed by atoms with Gasteiger partial charge in [-0.05, 0) is 57.2 Å². The largest absolute Gasteiger partial charge is 0.481 e. The van der Waals surface area contributed by atoms with Crippen LogP contribution in [-0.2, 0) is 4.79 Å². The molecule has 3 rings (SSSR count). The fraction of sp³-hybridized carbons (Fsp3) is 0.227. The van der Waals surface area contributed by atoms with Gasteiger partial charge in [-0.3, -0.25) is 4.79 Å². The van der Waals surface area contributed by atoms with Crippen LogP contribution in [0.1, 0.15) is 19.5 Å². The zero-order valence-electron chi connectivity index (χ0n) is 16.8. The Balaban J connectivity index is 1.59. The van der Waals surface area contributed by atoms with Gasteiger partial charge in [0, 0.05) is 29.7 Å². The monoisotopic (exact) mass is 391 g/mol. The fourth-order valence-electron chi connectivity index (χ4n) is 2.66. The molecule has 29 heavy (non-hydrogen) atoms. The summed E-state index contributed by atoms with van der Waals surface area (Å²) in [7, 11) is 0. The average Bonchev–Trinajstić information content (AvgIpc) is 2.70. The summed E-state index contributed by atoms with van der Waals surface area (Å²) in [4.78, 5) is 21.2. The second-order valence-corrected chi connectivity index (χ2v) is 6.51. The average molecular weight is 391 g/mol. The number of nitrogens with zero attached hydrogens (tertiary/aromatic N) is 2. The van der Waals surface area contributed by atoms with E-state index in [9.17, 15) is 4.79 Å². The molecule has 0 spiro atoms. The third kappa shape index (κ3) is 5.93. The van der Waals surface area contributed by atoms with Gasteiger partial charge in [0.15, 0.2) is 6.10 Å². The molecule has 0 unspecified atom stereocenters. The topological polar surface area (TPSA) is 88.2 Å². The van der Waals surface area contributed by atoms with Crippen LogP contribution in [0, 0.1) is 6.92 Å². The standard InChI is InChI=1S/C22H25N5O2/c1-4-23-20-14-15(2)24-22(27-20)26-18-12-10-17(11-13-18)25-21(28)16(3)29-19-8-6-5-7-9-19/h5-14,16H,4H2,1-3H3,(H,25,28)(H2,23,24,26,27)/t16-/m1/s1. The van der Waals surface area contributed by atoms with Crippen molar-refractivity contribution in [1.82, 2.24) is 9.97 Å². The zero-order valence-corrected chi connectivity index (χ0v) is 16.8. The van der Waals surface area contributed by atoms with Crippen molar-refractivity contribution in [2.75, 3.05) is 22.5 Å². The van der Waals surface area contributed by atoms with E-state index in [1.54, 1.807) is 6.92 Å². The Kier molecular flexibility index (Phi) is 6.63. The first kappa shape index (κ1) is 20.1. The fourth-order valence-corrected chi connectivity index (χ4v) is 2.66. The highest BCUT2D eigenvalue weighted by Gasteiger charge is 2.14. The van der Waals surface area contributed by atoms with E-state index in [4.69, 9.17) is 4.74 Å². The van der Waals surface area contributed by atoms with E-state index in [0.29, 0.717) is 17.4 Å². The van der Waals surface area contributed by atoms with Crippen molar-refractivity contribution in [1.29, 1.82) is 0 Å². The molecule has 0 saturated heterocycles. The van der Waals surface area contributed by atoms with Gasteiger partial charge in [-0.15, -0.1) is 0 Å². The van der Waals surface area contributed by atoms with Gasteiger partial charge in [-0.25, -0.2) is 4.98 Å². The molecule has 0 radical (unpaired) electrons. The van der Waals surface area contributed by atoms with Crippen LogP contribution in [0.3, 0.4) is 0 Å². The first-order valence-corrected chi connectivity index (χ1v) is 9.52. The van der Waals surface area contributed by atoms with Gasteiger partial charge in [0.1, 0.15) is 11.6 Å². The minimum absolute atomic E-state index is 0.216. The number of para-hydroxylation sites is 1. The zero-order chi connectivity index (χ0) is 20.6. The highest BCUT2D eigenvalue weighted by Crippen LogP contribution is 2.19. The van der Waals surface area contributed by atoms with E-state index < -0.39 is 6.10 Å². The molecular formula is C22H25N5O2. The Bertz CT molecular complexity index is 945. The van der Waals surface area contributed by atoms with Gasteiger partial charge >= 0.3 is 0 Å². The van der Waals surface area contributed by atoms with Crippen LogP contribution in [-0.4, -0.2) is 28.5 Å². The maximum atomic E-state index is 12.4. The third-order valence-electron chi connectivity index (χ3n) is 4.05. The van der Waals surface area contributed by atoms with Crippen LogP contribution in [0.15, 0.2) is 60.7 Å². The van der Waals surface area contributed by atoms with Crippen molar-refractivity contribution < 1.29 is 9.53 Å². The molecule has 1 amide bonds. The van der Waals surface area contributed by atoms with Gasteiger partial charge in [0.25, 0.3) is 5.91 Å². The molecule has 0 aliphatic heterocycles. The van der Waals surface area contributed by atoms with Gasteiger partial charge in [-0.1, -0.05) is 18.2 Å². The minimum Gasteiger partial charge on any atom is -0.481 e. The number of hydrogen-bond acceptors (Lipinski definition) is 6. The van der Waals surface area contributed by atoms with Crippen LogP contribution in [0.4, 0.5) is 23.1 Å². The van der Waals surface area contributed by atoms with Crippen molar-refractivity contribution in [3.8, 4) is 5.75 Å². The molecule has 7 nitrogen and oxygen atoms in total. The predicted molar refractivity (Wildman–Crippen MR) is 116 cm³/mol. The Labute approximate surface area is 170 Å². The van der Waals surface area contributed by atoms with Crippen LogP contribution in [0.25, 0.3) is 0 Å². The summed E-state index contributed by atoms with van der Waals surface area (Å²) < 4.78 is 5.65. The molecule has 150 valence electrons. The van der Waals surface area contributed by atoms with Crippen molar-refractivity contribution in [3.05, 3.63) is 66.4 Å². The summed E-state index contributed by atoms with van der Waals surface area (Å²) in [6.45, 7) is 6.44. The quantitative estimate of drug-likeness (QED) is 0.529. The van der Waals surface area contributed by atoms with Gasteiger partial charge < -0.3 is 20.7 Å². The molecule has 1 heterocycles. The minimum atomic E-state index is -0.611. The maximum absolute atomic E-state index is 12.4. The van der Waals surface area contributed by atoms with Crippen LogP contribution in [0.2, 0.25) is 0 Å². The van der Waals surface area contributed by atoms with Crippen LogP contribution in [0.5, 0.6) is 5.75 Å². The number of aromatic nitrogens is 2. The van der Waals surface area contributed by atoms with Crippen molar-refractivity contribution >= 4 is 29.0 Å². The molecular weight excluding hydrogens is 366 g/mol. The maximum Gasteiger partial charge on any atom is 0.265 e. The summed E-state index contributed by atoms with van der Waals surface area (Å²) in [5, 5.41) is 9.22. The number of rotatable bonds is 8. The molecule has 3 aromatic rings. The second-order valence-electron chi connectivity index (χ2n) is 6.51. The summed E-state index contributed by atoms with van der Waals surface area (Å²) >= 11 is 0. The Hall–Kier alpha value is -3.61. The number of carbonyl (C=O) groups is 1. The molecule has 0 bridgehead atoms. The second kappa shape index (κ2) is 9.54. The number of benzene rings is 2. The highest BCUT2D eigenvalue weighted by atomic mass is 16.5. The van der Waals surface area contributed by atoms with Crippen LogP contribution >= 0.6 is 0 Å². The molecule has 0 saturated carbocycles. The van der Waals surface area contributed by atoms with Gasteiger partial charge in [0.2, 0.25) is 5.95 Å². The molecule has 1 atom stereocenters. The van der Waals surface area contributed by atoms with E-state index in [1.165, 1.54) is 0 Å². The highest BCUT2D eigenvalue weighted by molar-refractivity contribution is 5.94. The lowest BCUT2D eigenvalue weighted by Gasteiger charge is -2.15. The lowest BCUT2D eigenvalue weighted by Crippen LogP contribution is -2.30. The molecule has 1 aromatic heterocycles. The predicted octanol–water partition coefficient (Wildman–Crippen LogP) is 4.37. The number of nitrogens with one attached hydrogen (secondary N) is 3. The Morgan fingerprint density at radius 2 is 1.72 bits per heavy atom. The lowest BCUT2D eigenvalue weighted by molar-refractivity contribution is -0.122. The Morgan fingerprint density at radius 1 is 1.03 bits per heavy atom. The molecule has 7 heteroatoms. The SMILES string of the molecule is CCNc1cc(C)nc(Nc2ccc(NC(=O)[C@@H](C)Oc3ccccc3)cc2)n1. The van der Waals surface area contributed by atoms with Crippen molar-refractivity contribution in [2.24, 2.45) is 0 Å². The molecule has 0 aliphatic rings. The van der Waals surface area contributed by atoms with Gasteiger partial charge in [-0.2, -0.15) is 4.98 Å². The van der Waals surface area contributed by atoms with Crippen molar-refractivity contribution in [3.63, 3.8) is 0 Å². The first-order chi connectivity index (χ1) is 14.0. The van der Waals surface area contributed by atoms with E-state index in [2.05, 4.69) is 25.9 Å². The molecule has 0 fully saturated rings. The van der Waals surface area contributed by atoms with E-state index >= 15 is 0 Å². The summed E-state index contributed by atoms with van der Waals surface area (Å²) in [5.41, 5.74) is 2.38. The normalized spacial score (nSPS) is 11.4. The smallest absolute Gasteiger partial charge is 0.265 e. The number of anilines is 4. The number of ether oxygens (including phenoxy) is 1. The Morgan fingerprint density at radius 3 is 2.41 bits per heavy atom. The number of carbonyl (C=O) groups excluding carboxylic acids is 1. The van der Waals surface area contributed by atoms with Crippen molar-refractivity contribution in [2.45, 2.75) is 26.9 Å². The van der Waals surface area contributed by atoms with E-state index in [0.717, 1.165) is 23.7 Å². The number of aryl methyl sites for hydroxylation is 1. The van der Waals surface area contributed by atoms with Gasteiger partial charge in [0.05, 0.1) is 0 Å². The molecule has 0 aliphatic carbocycles. The molecule has 2 aromatic carbocycles. The molecule has 3 N–H and O–H groups in total. The summed E-state index contributed by atoms with van der Waals surface area (Å²) in [6, 6.07) is 18.5. The van der Waals surface area contributed by atoms with E-state index in [-0.39, 0.29) is 5.91 Å².